The van der Waals surface area contributed by atoms with Gasteiger partial charge in [0.1, 0.15) is 0 Å². The molecule has 0 saturated heterocycles. The standard InChI is InChI=1S/C10H18N2O/c1-3-13-8-7-12-6-4-5-10(12)9(2)11/h4-6,9H,3,7-8,11H2,1-2H3. The van der Waals surface area contributed by atoms with Crippen molar-refractivity contribution in [2.45, 2.75) is 26.4 Å². The minimum atomic E-state index is 0.0941. The average Bonchev–Trinajstić information content (AvgIpc) is 2.53. The third-order valence-corrected chi connectivity index (χ3v) is 2.01. The molecule has 0 amide bonds. The highest BCUT2D eigenvalue weighted by Gasteiger charge is 2.04. The van der Waals surface area contributed by atoms with E-state index < -0.39 is 0 Å². The maximum Gasteiger partial charge on any atom is 0.0645 e. The summed E-state index contributed by atoms with van der Waals surface area (Å²) in [6.07, 6.45) is 2.04. The predicted molar refractivity (Wildman–Crippen MR) is 53.5 cm³/mol. The fourth-order valence-electron chi connectivity index (χ4n) is 1.35. The number of aromatic nitrogens is 1. The van der Waals surface area contributed by atoms with E-state index in [-0.39, 0.29) is 6.04 Å². The van der Waals surface area contributed by atoms with Crippen LogP contribution < -0.4 is 5.73 Å². The van der Waals surface area contributed by atoms with Gasteiger partial charge in [-0.2, -0.15) is 0 Å². The van der Waals surface area contributed by atoms with Gasteiger partial charge in [-0.15, -0.1) is 0 Å². The lowest BCUT2D eigenvalue weighted by atomic mass is 10.2. The number of hydrogen-bond donors (Lipinski definition) is 1. The third-order valence-electron chi connectivity index (χ3n) is 2.01. The molecule has 0 aliphatic heterocycles. The lowest BCUT2D eigenvalue weighted by molar-refractivity contribution is 0.138. The molecule has 1 rings (SSSR count). The van der Waals surface area contributed by atoms with Gasteiger partial charge in [-0.1, -0.05) is 0 Å². The van der Waals surface area contributed by atoms with Crippen LogP contribution in [0.2, 0.25) is 0 Å². The van der Waals surface area contributed by atoms with Crippen LogP contribution in [-0.4, -0.2) is 17.8 Å². The number of nitrogens with two attached hydrogens (primary N) is 1. The van der Waals surface area contributed by atoms with Crippen molar-refractivity contribution in [2.24, 2.45) is 5.73 Å². The van der Waals surface area contributed by atoms with E-state index in [9.17, 15) is 0 Å². The van der Waals surface area contributed by atoms with Crippen LogP contribution in [0.3, 0.4) is 0 Å². The van der Waals surface area contributed by atoms with Gasteiger partial charge in [0.2, 0.25) is 0 Å². The van der Waals surface area contributed by atoms with Gasteiger partial charge in [0.05, 0.1) is 6.61 Å². The minimum Gasteiger partial charge on any atom is -0.380 e. The summed E-state index contributed by atoms with van der Waals surface area (Å²) in [5.41, 5.74) is 6.97. The molecule has 0 aliphatic rings. The molecule has 1 aromatic heterocycles. The zero-order valence-corrected chi connectivity index (χ0v) is 8.36. The van der Waals surface area contributed by atoms with Crippen molar-refractivity contribution < 1.29 is 4.74 Å². The number of ether oxygens (including phenoxy) is 1. The Morgan fingerprint density at radius 2 is 2.38 bits per heavy atom. The number of nitrogens with zero attached hydrogens (tertiary/aromatic N) is 1. The Bertz CT molecular complexity index is 243. The first kappa shape index (κ1) is 10.3. The molecule has 1 aromatic rings. The van der Waals surface area contributed by atoms with Crippen LogP contribution in [0, 0.1) is 0 Å². The summed E-state index contributed by atoms with van der Waals surface area (Å²) in [6.45, 7) is 6.41. The van der Waals surface area contributed by atoms with Crippen molar-refractivity contribution in [3.05, 3.63) is 24.0 Å². The molecule has 2 N–H and O–H groups in total. The van der Waals surface area contributed by atoms with Gasteiger partial charge in [-0.05, 0) is 26.0 Å². The molecule has 0 aliphatic carbocycles. The van der Waals surface area contributed by atoms with E-state index in [2.05, 4.69) is 10.6 Å². The smallest absolute Gasteiger partial charge is 0.0645 e. The first-order chi connectivity index (χ1) is 6.25. The Hall–Kier alpha value is -0.800. The molecule has 0 saturated carbocycles. The molecular formula is C10H18N2O. The van der Waals surface area contributed by atoms with Crippen molar-refractivity contribution in [2.75, 3.05) is 13.2 Å². The Labute approximate surface area is 79.5 Å². The van der Waals surface area contributed by atoms with Gasteiger partial charge < -0.3 is 15.0 Å². The normalized spacial score (nSPS) is 13.2. The molecular weight excluding hydrogens is 164 g/mol. The molecule has 3 nitrogen and oxygen atoms in total. The summed E-state index contributed by atoms with van der Waals surface area (Å²) in [4.78, 5) is 0. The maximum absolute atomic E-state index is 5.80. The molecule has 1 heterocycles. The van der Waals surface area contributed by atoms with Crippen LogP contribution >= 0.6 is 0 Å². The van der Waals surface area contributed by atoms with Gasteiger partial charge in [-0.25, -0.2) is 0 Å². The molecule has 0 fully saturated rings. The van der Waals surface area contributed by atoms with E-state index >= 15 is 0 Å². The van der Waals surface area contributed by atoms with Crippen molar-refractivity contribution in [1.82, 2.24) is 4.57 Å². The topological polar surface area (TPSA) is 40.2 Å². The van der Waals surface area contributed by atoms with Gasteiger partial charge >= 0.3 is 0 Å². The summed E-state index contributed by atoms with van der Waals surface area (Å²) in [6, 6.07) is 4.16. The van der Waals surface area contributed by atoms with Crippen molar-refractivity contribution in [1.29, 1.82) is 0 Å². The predicted octanol–water partition coefficient (Wildman–Crippen LogP) is 1.54. The van der Waals surface area contributed by atoms with E-state index in [0.29, 0.717) is 0 Å². The fraction of sp³-hybridized carbons (Fsp3) is 0.600. The lowest BCUT2D eigenvalue weighted by Gasteiger charge is -2.11. The quantitative estimate of drug-likeness (QED) is 0.702. The van der Waals surface area contributed by atoms with Crippen LogP contribution in [0.15, 0.2) is 18.3 Å². The molecule has 0 radical (unpaired) electrons. The van der Waals surface area contributed by atoms with Crippen molar-refractivity contribution in [3.8, 4) is 0 Å². The fourth-order valence-corrected chi connectivity index (χ4v) is 1.35. The molecule has 0 aromatic carbocycles. The minimum absolute atomic E-state index is 0.0941. The number of rotatable bonds is 5. The molecule has 0 bridgehead atoms. The zero-order valence-electron chi connectivity index (χ0n) is 8.36. The second-order valence-electron chi connectivity index (χ2n) is 3.11. The van der Waals surface area contributed by atoms with E-state index in [1.807, 2.05) is 26.1 Å². The van der Waals surface area contributed by atoms with Crippen LogP contribution in [0.4, 0.5) is 0 Å². The SMILES string of the molecule is CCOCCn1cccc1C(C)N. The Kier molecular flexibility index (Phi) is 3.99. The van der Waals surface area contributed by atoms with E-state index in [4.69, 9.17) is 10.5 Å². The average molecular weight is 182 g/mol. The summed E-state index contributed by atoms with van der Waals surface area (Å²) in [7, 11) is 0. The molecule has 1 atom stereocenters. The zero-order chi connectivity index (χ0) is 9.68. The second-order valence-corrected chi connectivity index (χ2v) is 3.11. The largest absolute Gasteiger partial charge is 0.380 e. The highest BCUT2D eigenvalue weighted by atomic mass is 16.5. The highest BCUT2D eigenvalue weighted by Crippen LogP contribution is 2.10. The van der Waals surface area contributed by atoms with Gasteiger partial charge in [-0.3, -0.25) is 0 Å². The lowest BCUT2D eigenvalue weighted by Crippen LogP contribution is -2.14. The Morgan fingerprint density at radius 3 is 3.00 bits per heavy atom. The summed E-state index contributed by atoms with van der Waals surface area (Å²) in [5, 5.41) is 0. The van der Waals surface area contributed by atoms with E-state index in [1.54, 1.807) is 0 Å². The first-order valence-electron chi connectivity index (χ1n) is 4.74. The molecule has 74 valence electrons. The van der Waals surface area contributed by atoms with Crippen LogP contribution in [-0.2, 0) is 11.3 Å². The summed E-state index contributed by atoms with van der Waals surface area (Å²) in [5.74, 6) is 0. The van der Waals surface area contributed by atoms with Crippen LogP contribution in [0.5, 0.6) is 0 Å². The third kappa shape index (κ3) is 2.86. The van der Waals surface area contributed by atoms with E-state index in [1.165, 1.54) is 5.69 Å². The molecule has 0 spiro atoms. The van der Waals surface area contributed by atoms with Crippen LogP contribution in [0.1, 0.15) is 25.6 Å². The first-order valence-corrected chi connectivity index (χ1v) is 4.74. The van der Waals surface area contributed by atoms with Gasteiger partial charge in [0.25, 0.3) is 0 Å². The molecule has 1 unspecified atom stereocenters. The van der Waals surface area contributed by atoms with E-state index in [0.717, 1.165) is 19.8 Å². The Morgan fingerprint density at radius 1 is 1.62 bits per heavy atom. The van der Waals surface area contributed by atoms with Gasteiger partial charge in [0.15, 0.2) is 0 Å². The van der Waals surface area contributed by atoms with Gasteiger partial charge in [0, 0.05) is 31.1 Å². The summed E-state index contributed by atoms with van der Waals surface area (Å²) >= 11 is 0. The molecule has 13 heavy (non-hydrogen) atoms. The monoisotopic (exact) mass is 182 g/mol. The second kappa shape index (κ2) is 5.04. The van der Waals surface area contributed by atoms with Crippen molar-refractivity contribution in [3.63, 3.8) is 0 Å². The van der Waals surface area contributed by atoms with Crippen molar-refractivity contribution >= 4 is 0 Å². The summed E-state index contributed by atoms with van der Waals surface area (Å²) < 4.78 is 7.42. The number of hydrogen-bond acceptors (Lipinski definition) is 2. The Balaban J connectivity index is 2.50. The highest BCUT2D eigenvalue weighted by molar-refractivity contribution is 5.10. The maximum atomic E-state index is 5.80. The molecule has 3 heteroatoms. The van der Waals surface area contributed by atoms with Crippen LogP contribution in [0.25, 0.3) is 0 Å².